The van der Waals surface area contributed by atoms with Gasteiger partial charge in [-0.1, -0.05) is 21.1 Å². The Morgan fingerprint density at radius 1 is 0.952 bits per heavy atom. The molecule has 0 amide bonds. The van der Waals surface area contributed by atoms with Crippen LogP contribution in [-0.2, 0) is 0 Å². The number of nitrogen functional groups attached to an aromatic ring is 2. The van der Waals surface area contributed by atoms with Gasteiger partial charge in [0.1, 0.15) is 5.82 Å². The highest BCUT2D eigenvalue weighted by molar-refractivity contribution is 9.10. The first-order valence-electron chi connectivity index (χ1n) is 5.98. The molecule has 5 nitrogen and oxygen atoms in total. The number of nitrogens with two attached hydrogens (primary N) is 2. The van der Waals surface area contributed by atoms with Crippen molar-refractivity contribution in [3.8, 4) is 22.8 Å². The second kappa shape index (κ2) is 5.17. The zero-order valence-corrected chi connectivity index (χ0v) is 12.3. The molecule has 0 unspecified atom stereocenters. The van der Waals surface area contributed by atoms with E-state index in [0.29, 0.717) is 27.0 Å². The SMILES string of the molecule is Nc1cc(N)cc(-c2nc(-c3cc(F)cc(Br)c3)no2)c1. The van der Waals surface area contributed by atoms with Gasteiger partial charge in [-0.15, -0.1) is 0 Å². The summed E-state index contributed by atoms with van der Waals surface area (Å²) in [5, 5.41) is 3.85. The van der Waals surface area contributed by atoms with Gasteiger partial charge in [0.05, 0.1) is 0 Å². The summed E-state index contributed by atoms with van der Waals surface area (Å²) in [5.74, 6) is 0.162. The number of halogens is 2. The van der Waals surface area contributed by atoms with Crippen molar-refractivity contribution in [2.45, 2.75) is 0 Å². The smallest absolute Gasteiger partial charge is 0.258 e. The summed E-state index contributed by atoms with van der Waals surface area (Å²) in [5.41, 5.74) is 13.6. The Balaban J connectivity index is 2.03. The number of anilines is 2. The van der Waals surface area contributed by atoms with Gasteiger partial charge in [0.15, 0.2) is 0 Å². The molecule has 0 fully saturated rings. The minimum Gasteiger partial charge on any atom is -0.399 e. The summed E-state index contributed by atoms with van der Waals surface area (Å²) < 4.78 is 19.2. The Bertz CT molecular complexity index is 712. The number of rotatable bonds is 2. The highest BCUT2D eigenvalue weighted by atomic mass is 79.9. The fourth-order valence-corrected chi connectivity index (χ4v) is 2.41. The van der Waals surface area contributed by atoms with E-state index in [0.717, 1.165) is 0 Å². The molecule has 106 valence electrons. The summed E-state index contributed by atoms with van der Waals surface area (Å²) in [6, 6.07) is 9.36. The summed E-state index contributed by atoms with van der Waals surface area (Å²) in [4.78, 5) is 4.24. The van der Waals surface area contributed by atoms with Gasteiger partial charge >= 0.3 is 0 Å². The van der Waals surface area contributed by atoms with Crippen molar-refractivity contribution in [2.24, 2.45) is 0 Å². The van der Waals surface area contributed by atoms with E-state index in [1.54, 1.807) is 24.3 Å². The van der Waals surface area contributed by atoms with Crippen LogP contribution in [0.4, 0.5) is 15.8 Å². The Labute approximate surface area is 127 Å². The lowest BCUT2D eigenvalue weighted by molar-refractivity contribution is 0.432. The van der Waals surface area contributed by atoms with Crippen LogP contribution in [0.5, 0.6) is 0 Å². The first kappa shape index (κ1) is 13.6. The average molecular weight is 349 g/mol. The van der Waals surface area contributed by atoms with Crippen molar-refractivity contribution in [1.82, 2.24) is 10.1 Å². The maximum absolute atomic E-state index is 13.4. The first-order valence-corrected chi connectivity index (χ1v) is 6.77. The molecule has 0 saturated heterocycles. The molecule has 3 rings (SSSR count). The van der Waals surface area contributed by atoms with Gasteiger partial charge in [-0.05, 0) is 36.4 Å². The molecule has 2 aromatic carbocycles. The molecular formula is C14H10BrFN4O. The van der Waals surface area contributed by atoms with Crippen LogP contribution in [0, 0.1) is 5.82 Å². The van der Waals surface area contributed by atoms with Crippen molar-refractivity contribution in [3.05, 3.63) is 46.7 Å². The van der Waals surface area contributed by atoms with Crippen LogP contribution in [0.1, 0.15) is 0 Å². The molecule has 0 aliphatic rings. The minimum absolute atomic E-state index is 0.268. The van der Waals surface area contributed by atoms with Crippen molar-refractivity contribution in [2.75, 3.05) is 11.5 Å². The fraction of sp³-hybridized carbons (Fsp3) is 0. The summed E-state index contributed by atoms with van der Waals surface area (Å²) >= 11 is 3.22. The molecule has 4 N–H and O–H groups in total. The van der Waals surface area contributed by atoms with Crippen LogP contribution < -0.4 is 11.5 Å². The van der Waals surface area contributed by atoms with E-state index in [9.17, 15) is 4.39 Å². The van der Waals surface area contributed by atoms with E-state index in [2.05, 4.69) is 26.1 Å². The molecular weight excluding hydrogens is 339 g/mol. The highest BCUT2D eigenvalue weighted by Crippen LogP contribution is 2.27. The fourth-order valence-electron chi connectivity index (χ4n) is 1.94. The molecule has 0 bridgehead atoms. The number of aromatic nitrogens is 2. The minimum atomic E-state index is -0.390. The Kier molecular flexibility index (Phi) is 3.34. The standard InChI is InChI=1S/C14H10BrFN4O/c15-9-1-7(2-10(16)5-9)13-19-14(21-20-13)8-3-11(17)6-12(18)4-8/h1-6H,17-18H2. The molecule has 0 saturated carbocycles. The lowest BCUT2D eigenvalue weighted by atomic mass is 10.1. The lowest BCUT2D eigenvalue weighted by Crippen LogP contribution is -1.91. The van der Waals surface area contributed by atoms with Gasteiger partial charge in [0.25, 0.3) is 5.89 Å². The Morgan fingerprint density at radius 2 is 1.67 bits per heavy atom. The summed E-state index contributed by atoms with van der Waals surface area (Å²) in [6.45, 7) is 0. The van der Waals surface area contributed by atoms with E-state index in [-0.39, 0.29) is 17.5 Å². The number of nitrogens with zero attached hydrogens (tertiary/aromatic N) is 2. The predicted molar refractivity (Wildman–Crippen MR) is 81.7 cm³/mol. The third-order valence-electron chi connectivity index (χ3n) is 2.77. The normalized spacial score (nSPS) is 10.8. The monoisotopic (exact) mass is 348 g/mol. The van der Waals surface area contributed by atoms with Gasteiger partial charge in [-0.25, -0.2) is 4.39 Å². The quantitative estimate of drug-likeness (QED) is 0.692. The molecule has 3 aromatic rings. The second-order valence-electron chi connectivity index (χ2n) is 4.47. The number of hydrogen-bond acceptors (Lipinski definition) is 5. The van der Waals surface area contributed by atoms with Crippen LogP contribution in [0.2, 0.25) is 0 Å². The highest BCUT2D eigenvalue weighted by Gasteiger charge is 2.13. The first-order chi connectivity index (χ1) is 10.0. The summed E-state index contributed by atoms with van der Waals surface area (Å²) in [7, 11) is 0. The maximum atomic E-state index is 13.4. The molecule has 7 heteroatoms. The molecule has 1 heterocycles. The lowest BCUT2D eigenvalue weighted by Gasteiger charge is -1.99. The van der Waals surface area contributed by atoms with E-state index < -0.39 is 0 Å². The molecule has 0 spiro atoms. The predicted octanol–water partition coefficient (Wildman–Crippen LogP) is 3.47. The molecule has 0 atom stereocenters. The largest absolute Gasteiger partial charge is 0.399 e. The zero-order valence-electron chi connectivity index (χ0n) is 10.7. The van der Waals surface area contributed by atoms with Crippen LogP contribution >= 0.6 is 15.9 Å². The van der Waals surface area contributed by atoms with Gasteiger partial charge in [0.2, 0.25) is 5.82 Å². The Morgan fingerprint density at radius 3 is 2.33 bits per heavy atom. The van der Waals surface area contributed by atoms with Crippen molar-refractivity contribution in [1.29, 1.82) is 0 Å². The Hall–Kier alpha value is -2.41. The van der Waals surface area contributed by atoms with Crippen LogP contribution in [-0.4, -0.2) is 10.1 Å². The van der Waals surface area contributed by atoms with Crippen molar-refractivity contribution < 1.29 is 8.91 Å². The van der Waals surface area contributed by atoms with Crippen molar-refractivity contribution >= 4 is 27.3 Å². The average Bonchev–Trinajstić information content (AvgIpc) is 2.85. The zero-order chi connectivity index (χ0) is 15.0. The van der Waals surface area contributed by atoms with E-state index in [1.807, 2.05) is 0 Å². The van der Waals surface area contributed by atoms with Crippen LogP contribution in [0.15, 0.2) is 45.4 Å². The molecule has 0 radical (unpaired) electrons. The van der Waals surface area contributed by atoms with Crippen molar-refractivity contribution in [3.63, 3.8) is 0 Å². The van der Waals surface area contributed by atoms with Gasteiger partial charge in [0, 0.05) is 27.0 Å². The van der Waals surface area contributed by atoms with Crippen LogP contribution in [0.3, 0.4) is 0 Å². The second-order valence-corrected chi connectivity index (χ2v) is 5.39. The topological polar surface area (TPSA) is 91.0 Å². The number of hydrogen-bond donors (Lipinski definition) is 2. The van der Waals surface area contributed by atoms with Gasteiger partial charge < -0.3 is 16.0 Å². The van der Waals surface area contributed by atoms with Gasteiger partial charge in [-0.2, -0.15) is 4.98 Å². The van der Waals surface area contributed by atoms with Gasteiger partial charge in [-0.3, -0.25) is 0 Å². The van der Waals surface area contributed by atoms with Crippen LogP contribution in [0.25, 0.3) is 22.8 Å². The third-order valence-corrected chi connectivity index (χ3v) is 3.23. The molecule has 1 aromatic heterocycles. The third kappa shape index (κ3) is 2.87. The van der Waals surface area contributed by atoms with E-state index in [1.165, 1.54) is 12.1 Å². The molecule has 0 aliphatic heterocycles. The van der Waals surface area contributed by atoms with E-state index >= 15 is 0 Å². The maximum Gasteiger partial charge on any atom is 0.258 e. The molecule has 21 heavy (non-hydrogen) atoms. The van der Waals surface area contributed by atoms with E-state index in [4.69, 9.17) is 16.0 Å². The molecule has 0 aliphatic carbocycles. The summed E-state index contributed by atoms with van der Waals surface area (Å²) in [6.07, 6.45) is 0. The number of benzene rings is 2.